The van der Waals surface area contributed by atoms with Gasteiger partial charge in [-0.15, -0.1) is 0 Å². The molecule has 6 nitrogen and oxygen atoms in total. The summed E-state index contributed by atoms with van der Waals surface area (Å²) in [6.07, 6.45) is 2.61. The number of rotatable bonds is 4. The lowest BCUT2D eigenvalue weighted by atomic mass is 9.84. The summed E-state index contributed by atoms with van der Waals surface area (Å²) in [6.45, 7) is 0. The molecule has 2 aliphatic carbocycles. The molecule has 0 saturated heterocycles. The number of carboxylic acid groups (broad SMARTS) is 1. The molecule has 112 valence electrons. The van der Waals surface area contributed by atoms with Crippen LogP contribution in [0.4, 0.5) is 15.8 Å². The van der Waals surface area contributed by atoms with Crippen LogP contribution in [-0.2, 0) is 4.79 Å². The van der Waals surface area contributed by atoms with Crippen molar-refractivity contribution in [1.82, 2.24) is 0 Å². The van der Waals surface area contributed by atoms with Crippen LogP contribution in [0, 0.1) is 33.7 Å². The number of fused-ring (bicyclic) bond motifs is 2. The van der Waals surface area contributed by atoms with Crippen molar-refractivity contribution in [1.29, 1.82) is 0 Å². The summed E-state index contributed by atoms with van der Waals surface area (Å²) in [4.78, 5) is 21.7. The zero-order chi connectivity index (χ0) is 15.1. The molecule has 7 heteroatoms. The number of carbonyl (C=O) groups is 1. The molecule has 21 heavy (non-hydrogen) atoms. The number of nitrogens with one attached hydrogen (secondary N) is 1. The summed E-state index contributed by atoms with van der Waals surface area (Å²) in [6, 6.07) is 3.46. The van der Waals surface area contributed by atoms with Gasteiger partial charge in [0.25, 0.3) is 0 Å². The molecule has 0 aliphatic heterocycles. The summed E-state index contributed by atoms with van der Waals surface area (Å²) in [7, 11) is 0. The highest BCUT2D eigenvalue weighted by atomic mass is 19.1. The van der Waals surface area contributed by atoms with E-state index in [1.165, 1.54) is 12.1 Å². The molecule has 0 heterocycles. The van der Waals surface area contributed by atoms with Gasteiger partial charge in [0, 0.05) is 6.04 Å². The van der Waals surface area contributed by atoms with Crippen molar-refractivity contribution >= 4 is 17.3 Å². The highest BCUT2D eigenvalue weighted by Gasteiger charge is 2.51. The van der Waals surface area contributed by atoms with Crippen LogP contribution in [0.3, 0.4) is 0 Å². The molecule has 0 spiro atoms. The molecule has 1 aromatic rings. The van der Waals surface area contributed by atoms with Gasteiger partial charge in [-0.2, -0.15) is 4.39 Å². The maximum absolute atomic E-state index is 13.6. The predicted octanol–water partition coefficient (Wildman–Crippen LogP) is 2.65. The van der Waals surface area contributed by atoms with Gasteiger partial charge in [0.15, 0.2) is 0 Å². The first-order valence-corrected chi connectivity index (χ1v) is 6.91. The number of benzene rings is 1. The largest absolute Gasteiger partial charge is 0.481 e. The molecule has 0 aromatic heterocycles. The number of para-hydroxylation sites is 1. The summed E-state index contributed by atoms with van der Waals surface area (Å²) in [5.74, 6) is -2.08. The van der Waals surface area contributed by atoms with Gasteiger partial charge in [0.05, 0.1) is 10.8 Å². The second kappa shape index (κ2) is 4.98. The van der Waals surface area contributed by atoms with Crippen molar-refractivity contribution in [3.63, 3.8) is 0 Å². The van der Waals surface area contributed by atoms with Crippen molar-refractivity contribution in [2.75, 3.05) is 5.32 Å². The predicted molar refractivity (Wildman–Crippen MR) is 72.4 cm³/mol. The number of nitro groups is 1. The van der Waals surface area contributed by atoms with Gasteiger partial charge in [-0.25, -0.2) is 0 Å². The average molecular weight is 294 g/mol. The Morgan fingerprint density at radius 3 is 2.76 bits per heavy atom. The minimum atomic E-state index is -0.917. The number of halogens is 1. The molecule has 2 aliphatic rings. The van der Waals surface area contributed by atoms with Crippen LogP contribution in [0.15, 0.2) is 18.2 Å². The van der Waals surface area contributed by atoms with Gasteiger partial charge >= 0.3 is 11.7 Å². The van der Waals surface area contributed by atoms with E-state index in [0.29, 0.717) is 0 Å². The number of hydrogen-bond acceptors (Lipinski definition) is 4. The molecular weight excluding hydrogens is 279 g/mol. The minimum Gasteiger partial charge on any atom is -0.481 e. The second-order valence-corrected chi connectivity index (χ2v) is 5.76. The lowest BCUT2D eigenvalue weighted by Gasteiger charge is -2.29. The van der Waals surface area contributed by atoms with Gasteiger partial charge < -0.3 is 10.4 Å². The molecular formula is C14H15FN2O4. The van der Waals surface area contributed by atoms with Crippen LogP contribution in [0.2, 0.25) is 0 Å². The highest BCUT2D eigenvalue weighted by Crippen LogP contribution is 2.50. The number of hydrogen-bond donors (Lipinski definition) is 2. The van der Waals surface area contributed by atoms with Gasteiger partial charge in [-0.1, -0.05) is 6.07 Å². The molecule has 2 saturated carbocycles. The smallest absolute Gasteiger partial charge is 0.327 e. The van der Waals surface area contributed by atoms with E-state index in [-0.39, 0.29) is 23.6 Å². The second-order valence-electron chi connectivity index (χ2n) is 5.76. The molecule has 0 amide bonds. The van der Waals surface area contributed by atoms with Crippen LogP contribution >= 0.6 is 0 Å². The summed E-state index contributed by atoms with van der Waals surface area (Å²) in [5, 5.41) is 23.3. The topological polar surface area (TPSA) is 92.5 Å². The Morgan fingerprint density at radius 2 is 2.10 bits per heavy atom. The van der Waals surface area contributed by atoms with E-state index in [1.54, 1.807) is 0 Å². The Balaban J connectivity index is 1.92. The van der Waals surface area contributed by atoms with Crippen molar-refractivity contribution in [2.24, 2.45) is 17.8 Å². The summed E-state index contributed by atoms with van der Waals surface area (Å²) < 4.78 is 13.6. The van der Waals surface area contributed by atoms with Crippen molar-refractivity contribution in [3.05, 3.63) is 34.1 Å². The van der Waals surface area contributed by atoms with Crippen LogP contribution in [0.1, 0.15) is 19.3 Å². The average Bonchev–Trinajstić information content (AvgIpc) is 2.98. The molecule has 0 radical (unpaired) electrons. The zero-order valence-electron chi connectivity index (χ0n) is 11.2. The Morgan fingerprint density at radius 1 is 1.38 bits per heavy atom. The van der Waals surface area contributed by atoms with Crippen LogP contribution in [0.25, 0.3) is 0 Å². The number of nitrogens with zero attached hydrogens (tertiary/aromatic N) is 1. The van der Waals surface area contributed by atoms with E-state index in [0.717, 1.165) is 25.3 Å². The Hall–Kier alpha value is -2.18. The van der Waals surface area contributed by atoms with Crippen LogP contribution in [-0.4, -0.2) is 22.0 Å². The normalized spacial score (nSPS) is 30.3. The van der Waals surface area contributed by atoms with E-state index in [9.17, 15) is 24.4 Å². The SMILES string of the molecule is O=C(O)C1C2CCC(C2)C1Nc1cccc(F)c1[N+](=O)[O-]. The minimum absolute atomic E-state index is 0.0591. The van der Waals surface area contributed by atoms with E-state index < -0.39 is 28.3 Å². The molecule has 4 atom stereocenters. The first-order valence-electron chi connectivity index (χ1n) is 6.91. The molecule has 2 fully saturated rings. The molecule has 2 N–H and O–H groups in total. The number of nitro benzene ring substituents is 1. The number of carboxylic acids is 1. The third-order valence-corrected chi connectivity index (χ3v) is 4.69. The van der Waals surface area contributed by atoms with E-state index in [1.807, 2.05) is 0 Å². The van der Waals surface area contributed by atoms with Gasteiger partial charge in [-0.3, -0.25) is 14.9 Å². The highest BCUT2D eigenvalue weighted by molar-refractivity contribution is 5.74. The first kappa shape index (κ1) is 13.8. The molecule has 1 aromatic carbocycles. The lowest BCUT2D eigenvalue weighted by Crippen LogP contribution is -2.39. The Bertz CT molecular complexity index is 607. The summed E-state index contributed by atoms with van der Waals surface area (Å²) in [5.41, 5.74) is -0.562. The quantitative estimate of drug-likeness (QED) is 0.658. The van der Waals surface area contributed by atoms with E-state index in [4.69, 9.17) is 0 Å². The molecule has 2 bridgehead atoms. The number of anilines is 1. The van der Waals surface area contributed by atoms with E-state index >= 15 is 0 Å². The zero-order valence-corrected chi connectivity index (χ0v) is 11.2. The van der Waals surface area contributed by atoms with E-state index in [2.05, 4.69) is 5.32 Å². The van der Waals surface area contributed by atoms with Gasteiger partial charge in [0.1, 0.15) is 5.69 Å². The molecule has 4 unspecified atom stereocenters. The molecule has 3 rings (SSSR count). The lowest BCUT2D eigenvalue weighted by molar-refractivity contribution is -0.386. The van der Waals surface area contributed by atoms with Crippen molar-refractivity contribution in [3.8, 4) is 0 Å². The van der Waals surface area contributed by atoms with Gasteiger partial charge in [-0.05, 0) is 43.2 Å². The van der Waals surface area contributed by atoms with Crippen molar-refractivity contribution in [2.45, 2.75) is 25.3 Å². The monoisotopic (exact) mass is 294 g/mol. The number of aliphatic carboxylic acids is 1. The standard InChI is InChI=1S/C14H15FN2O4/c15-9-2-1-3-10(13(9)17(20)21)16-12-8-5-4-7(6-8)11(12)14(18)19/h1-3,7-8,11-12,16H,4-6H2,(H,18,19). The van der Waals surface area contributed by atoms with Crippen LogP contribution in [0.5, 0.6) is 0 Å². The van der Waals surface area contributed by atoms with Crippen molar-refractivity contribution < 1.29 is 19.2 Å². The Kier molecular flexibility index (Phi) is 3.27. The summed E-state index contributed by atoms with van der Waals surface area (Å²) >= 11 is 0. The third-order valence-electron chi connectivity index (χ3n) is 4.69. The third kappa shape index (κ3) is 2.22. The fourth-order valence-corrected chi connectivity index (χ4v) is 3.85. The first-order chi connectivity index (χ1) is 9.99. The fraction of sp³-hybridized carbons (Fsp3) is 0.500. The van der Waals surface area contributed by atoms with Gasteiger partial charge in [0.2, 0.25) is 5.82 Å². The Labute approximate surface area is 120 Å². The maximum atomic E-state index is 13.6. The maximum Gasteiger partial charge on any atom is 0.327 e. The van der Waals surface area contributed by atoms with Crippen LogP contribution < -0.4 is 5.32 Å². The fourth-order valence-electron chi connectivity index (χ4n) is 3.85.